The van der Waals surface area contributed by atoms with Crippen LogP contribution in [0.2, 0.25) is 0 Å². The average Bonchev–Trinajstić information content (AvgIpc) is 2.29. The smallest absolute Gasteiger partial charge is 0.208 e. The van der Waals surface area contributed by atoms with E-state index in [1.165, 1.54) is 6.42 Å². The SMILES string of the molecule is CCCCN=C(NN)N1CCN(C)C(C)C1. The number of unbranched alkanes of at least 4 members (excludes halogenated alkanes) is 1. The third-order valence-corrected chi connectivity index (χ3v) is 3.16. The molecule has 0 radical (unpaired) electrons. The maximum Gasteiger partial charge on any atom is 0.208 e. The summed E-state index contributed by atoms with van der Waals surface area (Å²) >= 11 is 0. The Balaban J connectivity index is 2.49. The number of nitrogens with two attached hydrogens (primary N) is 1. The third kappa shape index (κ3) is 3.64. The van der Waals surface area contributed by atoms with Crippen LogP contribution in [0.3, 0.4) is 0 Å². The Labute approximate surface area is 98.7 Å². The molecule has 0 amide bonds. The molecule has 1 aliphatic rings. The monoisotopic (exact) mass is 227 g/mol. The average molecular weight is 227 g/mol. The number of hydrogen-bond donors (Lipinski definition) is 2. The van der Waals surface area contributed by atoms with Crippen molar-refractivity contribution in [2.75, 3.05) is 33.2 Å². The van der Waals surface area contributed by atoms with Crippen LogP contribution in [-0.2, 0) is 0 Å². The number of rotatable bonds is 3. The number of hydrazine groups is 1. The van der Waals surface area contributed by atoms with Gasteiger partial charge in [0.05, 0.1) is 0 Å². The number of nitrogens with zero attached hydrogens (tertiary/aromatic N) is 3. The summed E-state index contributed by atoms with van der Waals surface area (Å²) < 4.78 is 0. The first kappa shape index (κ1) is 13.3. The Morgan fingerprint density at radius 1 is 1.50 bits per heavy atom. The fourth-order valence-corrected chi connectivity index (χ4v) is 1.82. The lowest BCUT2D eigenvalue weighted by atomic mass is 10.2. The van der Waals surface area contributed by atoms with Gasteiger partial charge in [-0.2, -0.15) is 0 Å². The predicted octanol–water partition coefficient (Wildman–Crippen LogP) is 0.242. The lowest BCUT2D eigenvalue weighted by Crippen LogP contribution is -2.56. The molecule has 1 atom stereocenters. The first-order valence-corrected chi connectivity index (χ1v) is 6.15. The van der Waals surface area contributed by atoms with Gasteiger partial charge in [-0.1, -0.05) is 13.3 Å². The summed E-state index contributed by atoms with van der Waals surface area (Å²) in [7, 11) is 2.16. The van der Waals surface area contributed by atoms with E-state index in [0.717, 1.165) is 38.6 Å². The molecule has 1 heterocycles. The summed E-state index contributed by atoms with van der Waals surface area (Å²) in [6.07, 6.45) is 2.29. The normalized spacial score (nSPS) is 23.6. The van der Waals surface area contributed by atoms with E-state index in [-0.39, 0.29) is 0 Å². The zero-order valence-corrected chi connectivity index (χ0v) is 10.7. The van der Waals surface area contributed by atoms with Gasteiger partial charge in [0.1, 0.15) is 0 Å². The number of nitrogens with one attached hydrogen (secondary N) is 1. The molecule has 0 aromatic heterocycles. The number of hydrogen-bond acceptors (Lipinski definition) is 3. The Hall–Kier alpha value is -0.810. The van der Waals surface area contributed by atoms with Gasteiger partial charge in [0, 0.05) is 32.2 Å². The maximum absolute atomic E-state index is 5.53. The van der Waals surface area contributed by atoms with Gasteiger partial charge in [-0.05, 0) is 20.4 Å². The molecule has 0 aromatic carbocycles. The Bertz CT molecular complexity index is 228. The Kier molecular flexibility index (Phi) is 5.55. The highest BCUT2D eigenvalue weighted by Gasteiger charge is 2.22. The van der Waals surface area contributed by atoms with E-state index in [1.54, 1.807) is 0 Å². The highest BCUT2D eigenvalue weighted by atomic mass is 15.4. The van der Waals surface area contributed by atoms with Crippen molar-refractivity contribution in [1.29, 1.82) is 0 Å². The van der Waals surface area contributed by atoms with Crippen LogP contribution in [0.25, 0.3) is 0 Å². The molecule has 0 aliphatic carbocycles. The molecule has 1 aliphatic heterocycles. The van der Waals surface area contributed by atoms with E-state index in [0.29, 0.717) is 6.04 Å². The van der Waals surface area contributed by atoms with Crippen molar-refractivity contribution in [3.05, 3.63) is 0 Å². The molecule has 0 spiro atoms. The van der Waals surface area contributed by atoms with E-state index in [9.17, 15) is 0 Å². The van der Waals surface area contributed by atoms with Crippen LogP contribution in [0.15, 0.2) is 4.99 Å². The maximum atomic E-state index is 5.53. The quantitative estimate of drug-likeness (QED) is 0.238. The Morgan fingerprint density at radius 2 is 2.25 bits per heavy atom. The van der Waals surface area contributed by atoms with E-state index in [1.807, 2.05) is 0 Å². The standard InChI is InChI=1S/C11H25N5/c1-4-5-6-13-11(14-12)16-8-7-15(3)10(2)9-16/h10H,4-9,12H2,1-3H3,(H,13,14). The number of aliphatic imine (C=N–C) groups is 1. The largest absolute Gasteiger partial charge is 0.339 e. The summed E-state index contributed by atoms with van der Waals surface area (Å²) in [6.45, 7) is 8.31. The molecule has 0 saturated carbocycles. The number of guanidine groups is 1. The van der Waals surface area contributed by atoms with Crippen LogP contribution in [0.4, 0.5) is 0 Å². The molecular weight excluding hydrogens is 202 g/mol. The highest BCUT2D eigenvalue weighted by molar-refractivity contribution is 5.79. The van der Waals surface area contributed by atoms with Gasteiger partial charge < -0.3 is 9.80 Å². The first-order valence-electron chi connectivity index (χ1n) is 6.15. The second-order valence-corrected chi connectivity index (χ2v) is 4.48. The van der Waals surface area contributed by atoms with Crippen molar-refractivity contribution < 1.29 is 0 Å². The molecule has 1 saturated heterocycles. The molecular formula is C11H25N5. The van der Waals surface area contributed by atoms with Crippen molar-refractivity contribution in [2.24, 2.45) is 10.8 Å². The van der Waals surface area contributed by atoms with Crippen LogP contribution in [0.1, 0.15) is 26.7 Å². The van der Waals surface area contributed by atoms with E-state index in [2.05, 4.69) is 41.1 Å². The molecule has 0 bridgehead atoms. The topological polar surface area (TPSA) is 56.9 Å². The summed E-state index contributed by atoms with van der Waals surface area (Å²) in [6, 6.07) is 0.554. The summed E-state index contributed by atoms with van der Waals surface area (Å²) in [5.74, 6) is 6.37. The second-order valence-electron chi connectivity index (χ2n) is 4.48. The number of piperazine rings is 1. The van der Waals surface area contributed by atoms with Crippen molar-refractivity contribution >= 4 is 5.96 Å². The molecule has 5 nitrogen and oxygen atoms in total. The lowest BCUT2D eigenvalue weighted by molar-refractivity contribution is 0.150. The van der Waals surface area contributed by atoms with Crippen molar-refractivity contribution in [3.8, 4) is 0 Å². The zero-order chi connectivity index (χ0) is 12.0. The van der Waals surface area contributed by atoms with Gasteiger partial charge in [-0.25, -0.2) is 5.84 Å². The molecule has 0 aromatic rings. The fourth-order valence-electron chi connectivity index (χ4n) is 1.82. The minimum atomic E-state index is 0.554. The van der Waals surface area contributed by atoms with Gasteiger partial charge in [0.25, 0.3) is 0 Å². The van der Waals surface area contributed by atoms with Crippen LogP contribution < -0.4 is 11.3 Å². The predicted molar refractivity (Wildman–Crippen MR) is 68.2 cm³/mol. The van der Waals surface area contributed by atoms with Gasteiger partial charge in [0.15, 0.2) is 0 Å². The molecule has 3 N–H and O–H groups in total. The summed E-state index contributed by atoms with van der Waals surface area (Å²) in [5, 5.41) is 0. The van der Waals surface area contributed by atoms with Crippen LogP contribution in [0.5, 0.6) is 0 Å². The summed E-state index contributed by atoms with van der Waals surface area (Å²) in [4.78, 5) is 9.10. The molecule has 1 rings (SSSR count). The van der Waals surface area contributed by atoms with Crippen LogP contribution in [-0.4, -0.2) is 55.0 Å². The van der Waals surface area contributed by atoms with Crippen molar-refractivity contribution in [2.45, 2.75) is 32.7 Å². The van der Waals surface area contributed by atoms with Gasteiger partial charge in [-0.15, -0.1) is 0 Å². The fraction of sp³-hybridized carbons (Fsp3) is 0.909. The minimum absolute atomic E-state index is 0.554. The van der Waals surface area contributed by atoms with Gasteiger partial charge >= 0.3 is 0 Å². The lowest BCUT2D eigenvalue weighted by Gasteiger charge is -2.38. The van der Waals surface area contributed by atoms with E-state index in [4.69, 9.17) is 5.84 Å². The second kappa shape index (κ2) is 6.70. The summed E-state index contributed by atoms with van der Waals surface area (Å²) in [5.41, 5.74) is 2.72. The van der Waals surface area contributed by atoms with Gasteiger partial charge in [-0.3, -0.25) is 10.4 Å². The molecule has 1 fully saturated rings. The molecule has 1 unspecified atom stereocenters. The third-order valence-electron chi connectivity index (χ3n) is 3.16. The van der Waals surface area contributed by atoms with E-state index < -0.39 is 0 Å². The zero-order valence-electron chi connectivity index (χ0n) is 10.7. The number of likely N-dealkylation sites (N-methyl/N-ethyl adjacent to an activating group) is 1. The Morgan fingerprint density at radius 3 is 2.81 bits per heavy atom. The molecule has 5 heteroatoms. The van der Waals surface area contributed by atoms with Crippen molar-refractivity contribution in [3.63, 3.8) is 0 Å². The minimum Gasteiger partial charge on any atom is -0.339 e. The first-order chi connectivity index (χ1) is 7.69. The van der Waals surface area contributed by atoms with Crippen molar-refractivity contribution in [1.82, 2.24) is 15.2 Å². The van der Waals surface area contributed by atoms with Crippen LogP contribution >= 0.6 is 0 Å². The van der Waals surface area contributed by atoms with Gasteiger partial charge in [0.2, 0.25) is 5.96 Å². The highest BCUT2D eigenvalue weighted by Crippen LogP contribution is 2.06. The van der Waals surface area contributed by atoms with E-state index >= 15 is 0 Å². The van der Waals surface area contributed by atoms with Crippen LogP contribution in [0, 0.1) is 0 Å². The molecule has 94 valence electrons. The molecule has 16 heavy (non-hydrogen) atoms.